The van der Waals surface area contributed by atoms with Crippen molar-refractivity contribution in [3.05, 3.63) is 70.4 Å². The van der Waals surface area contributed by atoms with Gasteiger partial charge in [0.1, 0.15) is 11.3 Å². The van der Waals surface area contributed by atoms with Crippen molar-refractivity contribution < 1.29 is 78.5 Å². The van der Waals surface area contributed by atoms with Gasteiger partial charge in [-0.25, -0.2) is 0 Å². The van der Waals surface area contributed by atoms with Gasteiger partial charge in [-0.1, -0.05) is 18.2 Å². The van der Waals surface area contributed by atoms with Crippen molar-refractivity contribution in [1.29, 1.82) is 0 Å². The Kier molecular flexibility index (Phi) is 8.16. The van der Waals surface area contributed by atoms with Gasteiger partial charge in [0, 0.05) is 28.1 Å². The second kappa shape index (κ2) is 10.0. The molecule has 30 heavy (non-hydrogen) atoms. The molecule has 0 amide bonds. The number of aliphatic imine (C=N–C) groups is 1. The molecule has 1 aliphatic carbocycles. The number of aromatic carboxylic acids is 1. The molecule has 9 heteroatoms. The molecule has 0 atom stereocenters. The molecule has 0 N–H and O–H groups in total. The zero-order chi connectivity index (χ0) is 19.8. The zero-order valence-electron chi connectivity index (χ0n) is 16.1. The summed E-state index contributed by atoms with van der Waals surface area (Å²) in [6, 6.07) is 12.9. The molecule has 0 spiro atoms. The Morgan fingerprint density at radius 1 is 1.00 bits per heavy atom. The number of fused-ring (bicyclic) bond motifs is 2. The van der Waals surface area contributed by atoms with E-state index < -0.39 is 5.97 Å². The summed E-state index contributed by atoms with van der Waals surface area (Å²) in [4.78, 5) is 27.4. The molecule has 1 heterocycles. The standard InChI is InChI=1S/C21H11NO5S.2Na/c23-12-2-5-15-18(8-12)27-19-9-13(24)3-6-16(19)20(15)14-4-1-11(22-10-28)7-17(14)21(25)26;;/h1-9,23H,(H,25,26);;/q;2*+1/p-2. The van der Waals surface area contributed by atoms with Gasteiger partial charge in [-0.2, -0.15) is 4.99 Å². The predicted octanol–water partition coefficient (Wildman–Crippen LogP) is -3.26. The van der Waals surface area contributed by atoms with Crippen LogP contribution in [0.5, 0.6) is 5.75 Å². The maximum absolute atomic E-state index is 11.8. The van der Waals surface area contributed by atoms with Crippen molar-refractivity contribution in [3.63, 3.8) is 0 Å². The SMILES string of the molecule is O=C([O-])c1cc(N=C=S)ccc1-c1c2ccc(=O)cc-2oc2cc([O-])ccc12.[Na+].[Na+]. The molecular weight excluding hydrogens is 424 g/mol. The van der Waals surface area contributed by atoms with Gasteiger partial charge in [0.05, 0.1) is 16.8 Å². The summed E-state index contributed by atoms with van der Waals surface area (Å²) in [5.74, 6) is -1.43. The van der Waals surface area contributed by atoms with Crippen molar-refractivity contribution in [3.8, 4) is 28.2 Å². The van der Waals surface area contributed by atoms with Crippen LogP contribution >= 0.6 is 12.2 Å². The number of benzene rings is 3. The van der Waals surface area contributed by atoms with E-state index in [0.29, 0.717) is 27.8 Å². The van der Waals surface area contributed by atoms with Gasteiger partial charge in [0.2, 0.25) is 0 Å². The molecule has 0 saturated carbocycles. The Balaban J connectivity index is 0.00000160. The molecule has 0 radical (unpaired) electrons. The first kappa shape index (κ1) is 24.5. The number of nitrogens with zero attached hydrogens (tertiary/aromatic N) is 1. The summed E-state index contributed by atoms with van der Waals surface area (Å²) in [6.07, 6.45) is 0. The van der Waals surface area contributed by atoms with E-state index in [1.54, 1.807) is 24.3 Å². The predicted molar refractivity (Wildman–Crippen MR) is 103 cm³/mol. The van der Waals surface area contributed by atoms with Crippen molar-refractivity contribution >= 4 is 40.0 Å². The van der Waals surface area contributed by atoms with Gasteiger partial charge in [0.25, 0.3) is 0 Å². The van der Waals surface area contributed by atoms with Crippen LogP contribution in [0.2, 0.25) is 0 Å². The first-order chi connectivity index (χ1) is 13.5. The number of hydrogen-bond donors (Lipinski definition) is 0. The Labute approximate surface area is 220 Å². The fourth-order valence-electron chi connectivity index (χ4n) is 3.18. The fraction of sp³-hybridized carbons (Fsp3) is 0. The van der Waals surface area contributed by atoms with E-state index in [2.05, 4.69) is 22.4 Å². The average Bonchev–Trinajstić information content (AvgIpc) is 2.66. The quantitative estimate of drug-likeness (QED) is 0.145. The number of isothiocyanates is 1. The molecule has 4 rings (SSSR count). The zero-order valence-corrected chi connectivity index (χ0v) is 20.9. The minimum atomic E-state index is -1.40. The van der Waals surface area contributed by atoms with E-state index in [0.717, 1.165) is 0 Å². The van der Waals surface area contributed by atoms with Gasteiger partial charge < -0.3 is 19.4 Å². The van der Waals surface area contributed by atoms with Crippen molar-refractivity contribution in [2.75, 3.05) is 0 Å². The molecule has 0 fully saturated rings. The molecular formula is C21H9NNa2O5S. The van der Waals surface area contributed by atoms with Gasteiger partial charge in [-0.05, 0) is 48.1 Å². The number of carbonyl (C=O) groups excluding carboxylic acids is 1. The van der Waals surface area contributed by atoms with Crippen LogP contribution in [0.4, 0.5) is 5.69 Å². The van der Waals surface area contributed by atoms with E-state index in [9.17, 15) is 19.8 Å². The number of hydrogen-bond acceptors (Lipinski definition) is 7. The molecule has 1 aliphatic heterocycles. The average molecular weight is 433 g/mol. The molecule has 2 aliphatic rings. The molecule has 0 aromatic heterocycles. The third kappa shape index (κ3) is 4.59. The van der Waals surface area contributed by atoms with Crippen LogP contribution in [0.15, 0.2) is 68.8 Å². The number of carboxylic acids is 1. The number of rotatable bonds is 3. The van der Waals surface area contributed by atoms with Crippen LogP contribution in [0.1, 0.15) is 10.4 Å². The molecule has 6 nitrogen and oxygen atoms in total. The monoisotopic (exact) mass is 433 g/mol. The van der Waals surface area contributed by atoms with Crippen LogP contribution in [0.3, 0.4) is 0 Å². The normalized spacial score (nSPS) is 10.0. The first-order valence-corrected chi connectivity index (χ1v) is 8.50. The Morgan fingerprint density at radius 2 is 1.73 bits per heavy atom. The van der Waals surface area contributed by atoms with E-state index in [-0.39, 0.29) is 87.2 Å². The summed E-state index contributed by atoms with van der Waals surface area (Å²) in [6.45, 7) is 0. The summed E-state index contributed by atoms with van der Waals surface area (Å²) in [5.41, 5.74) is 1.55. The summed E-state index contributed by atoms with van der Waals surface area (Å²) >= 11 is 4.57. The van der Waals surface area contributed by atoms with Crippen LogP contribution < -0.4 is 74.8 Å². The van der Waals surface area contributed by atoms with Gasteiger partial charge >= 0.3 is 59.1 Å². The molecule has 0 unspecified atom stereocenters. The minimum absolute atomic E-state index is 0. The number of carbonyl (C=O) groups is 1. The minimum Gasteiger partial charge on any atom is -0.872 e. The molecule has 0 bridgehead atoms. The topological polar surface area (TPSA) is 106 Å². The Hall–Kier alpha value is -1.80. The number of thiocarbonyl (C=S) groups is 1. The second-order valence-electron chi connectivity index (χ2n) is 6.01. The summed E-state index contributed by atoms with van der Waals surface area (Å²) in [5, 5.41) is 26.3. The van der Waals surface area contributed by atoms with Crippen molar-refractivity contribution in [2.24, 2.45) is 4.99 Å². The van der Waals surface area contributed by atoms with Crippen LogP contribution in [0, 0.1) is 0 Å². The smallest absolute Gasteiger partial charge is 0.872 e. The van der Waals surface area contributed by atoms with Gasteiger partial charge in [0.15, 0.2) is 5.43 Å². The molecule has 2 aromatic carbocycles. The van der Waals surface area contributed by atoms with Gasteiger partial charge in [-0.15, -0.1) is 5.75 Å². The Bertz CT molecular complexity index is 1350. The summed E-state index contributed by atoms with van der Waals surface area (Å²) in [7, 11) is 0. The third-order valence-electron chi connectivity index (χ3n) is 4.33. The van der Waals surface area contributed by atoms with E-state index in [1.807, 2.05) is 0 Å². The fourth-order valence-corrected chi connectivity index (χ4v) is 3.29. The third-order valence-corrected chi connectivity index (χ3v) is 4.42. The van der Waals surface area contributed by atoms with E-state index in [1.165, 1.54) is 30.3 Å². The molecule has 2 aromatic rings. The Morgan fingerprint density at radius 3 is 2.43 bits per heavy atom. The number of carboxylic acid groups (broad SMARTS) is 1. The van der Waals surface area contributed by atoms with Crippen LogP contribution in [-0.4, -0.2) is 11.1 Å². The second-order valence-corrected chi connectivity index (χ2v) is 6.20. The molecule has 0 saturated heterocycles. The molecule has 136 valence electrons. The first-order valence-electron chi connectivity index (χ1n) is 8.09. The van der Waals surface area contributed by atoms with Gasteiger partial charge in [-0.3, -0.25) is 4.79 Å². The maximum Gasteiger partial charge on any atom is 1.00 e. The van der Waals surface area contributed by atoms with Crippen LogP contribution in [0.25, 0.3) is 33.4 Å². The van der Waals surface area contributed by atoms with Crippen LogP contribution in [-0.2, 0) is 0 Å². The van der Waals surface area contributed by atoms with E-state index in [4.69, 9.17) is 4.42 Å². The van der Waals surface area contributed by atoms with E-state index >= 15 is 0 Å². The van der Waals surface area contributed by atoms with Crippen molar-refractivity contribution in [1.82, 2.24) is 0 Å². The maximum atomic E-state index is 11.8. The largest absolute Gasteiger partial charge is 1.00 e. The summed E-state index contributed by atoms with van der Waals surface area (Å²) < 4.78 is 5.73. The van der Waals surface area contributed by atoms with Crippen molar-refractivity contribution in [2.45, 2.75) is 0 Å².